The number of nitrogens with zero attached hydrogens (tertiary/aromatic N) is 5. The molecule has 3 fully saturated rings. The minimum atomic E-state index is -0.975. The number of carbonyl (C=O) groups excluding carboxylic acids is 3. The second-order valence-electron chi connectivity index (χ2n) is 10.7. The maximum atomic E-state index is 14.4. The van der Waals surface area contributed by atoms with Gasteiger partial charge >= 0.3 is 0 Å². The fraction of sp³-hybridized carbons (Fsp3) is 0.429. The Bertz CT molecular complexity index is 1470. The van der Waals surface area contributed by atoms with E-state index < -0.39 is 11.5 Å². The number of anilines is 1. The van der Waals surface area contributed by atoms with Crippen LogP contribution in [0, 0.1) is 5.92 Å². The van der Waals surface area contributed by atoms with Crippen molar-refractivity contribution in [1.29, 1.82) is 0 Å². The number of halogens is 1. The summed E-state index contributed by atoms with van der Waals surface area (Å²) in [5, 5.41) is 3.67. The van der Waals surface area contributed by atoms with Crippen LogP contribution in [0.25, 0.3) is 5.65 Å². The first-order chi connectivity index (χ1) is 18.5. The molecule has 3 amide bonds. The number of hydrogen-bond acceptors (Lipinski definition) is 5. The molecule has 3 aromatic rings. The molecular weight excluding hydrogens is 504 g/mol. The predicted molar refractivity (Wildman–Crippen MR) is 142 cm³/mol. The third-order valence-electron chi connectivity index (χ3n) is 8.75. The van der Waals surface area contributed by atoms with Crippen LogP contribution in [-0.4, -0.2) is 75.7 Å². The van der Waals surface area contributed by atoms with Gasteiger partial charge in [0.1, 0.15) is 16.9 Å². The summed E-state index contributed by atoms with van der Waals surface area (Å²) < 4.78 is 1.74. The lowest BCUT2D eigenvalue weighted by atomic mass is 9.78. The molecule has 10 heteroatoms. The fourth-order valence-electron chi connectivity index (χ4n) is 7.15. The Kier molecular flexibility index (Phi) is 5.49. The summed E-state index contributed by atoms with van der Waals surface area (Å²) in [7, 11) is 0. The predicted octanol–water partition coefficient (Wildman–Crippen LogP) is 2.68. The molecule has 0 unspecified atom stereocenters. The average Bonchev–Trinajstić information content (AvgIpc) is 3.66. The standard InChI is InChI=1S/C28H29ClN6O3/c29-18-8-9-24-31-22(17-33(24)16-18)26(37)32-11-4-10-30-25(36)21-15-19-5-3-12-35(19)28(21)20-6-1-2-7-23(20)34(14-13-32)27(28)38/h1-2,6-9,16-17,19,21H,3-5,10-15H2,(H,30,36)/t19-,21-,28+/m0/s1. The molecule has 3 saturated heterocycles. The van der Waals surface area contributed by atoms with E-state index in [1.165, 1.54) is 0 Å². The zero-order valence-corrected chi connectivity index (χ0v) is 21.7. The Morgan fingerprint density at radius 2 is 1.89 bits per heavy atom. The van der Waals surface area contributed by atoms with Crippen molar-refractivity contribution in [3.8, 4) is 0 Å². The van der Waals surface area contributed by atoms with Gasteiger partial charge in [0, 0.05) is 55.9 Å². The molecular formula is C28H29ClN6O3. The quantitative estimate of drug-likeness (QED) is 0.520. The van der Waals surface area contributed by atoms with Gasteiger partial charge < -0.3 is 19.5 Å². The van der Waals surface area contributed by atoms with E-state index in [1.54, 1.807) is 33.8 Å². The Balaban J connectivity index is 1.25. The topological polar surface area (TPSA) is 90.3 Å². The van der Waals surface area contributed by atoms with Gasteiger partial charge in [-0.1, -0.05) is 29.8 Å². The molecule has 6 heterocycles. The number of aromatic nitrogens is 2. The number of rotatable bonds is 1. The third kappa shape index (κ3) is 3.34. The number of pyridine rings is 1. The Labute approximate surface area is 225 Å². The van der Waals surface area contributed by atoms with E-state index in [1.807, 2.05) is 29.2 Å². The van der Waals surface area contributed by atoms with Crippen LogP contribution < -0.4 is 10.2 Å². The van der Waals surface area contributed by atoms with E-state index in [4.69, 9.17) is 11.6 Å². The number of amides is 3. The van der Waals surface area contributed by atoms with Crippen molar-refractivity contribution in [3.05, 3.63) is 65.1 Å². The highest BCUT2D eigenvalue weighted by atomic mass is 35.5. The first-order valence-corrected chi connectivity index (χ1v) is 13.8. The van der Waals surface area contributed by atoms with Crippen molar-refractivity contribution in [2.75, 3.05) is 37.6 Å². The van der Waals surface area contributed by atoms with Crippen molar-refractivity contribution >= 4 is 40.7 Å². The van der Waals surface area contributed by atoms with E-state index in [-0.39, 0.29) is 23.8 Å². The molecule has 3 atom stereocenters. The van der Waals surface area contributed by atoms with Crippen LogP contribution in [0.5, 0.6) is 0 Å². The largest absolute Gasteiger partial charge is 0.356 e. The van der Waals surface area contributed by atoms with Gasteiger partial charge in [0.25, 0.3) is 11.8 Å². The lowest BCUT2D eigenvalue weighted by Gasteiger charge is -2.37. The molecule has 9 nitrogen and oxygen atoms in total. The minimum Gasteiger partial charge on any atom is -0.356 e. The fourth-order valence-corrected chi connectivity index (χ4v) is 7.32. The van der Waals surface area contributed by atoms with E-state index in [2.05, 4.69) is 15.2 Å². The molecule has 0 radical (unpaired) electrons. The highest BCUT2D eigenvalue weighted by Crippen LogP contribution is 2.57. The van der Waals surface area contributed by atoms with E-state index in [9.17, 15) is 14.4 Å². The second-order valence-corrected chi connectivity index (χ2v) is 11.1. The van der Waals surface area contributed by atoms with Crippen molar-refractivity contribution in [1.82, 2.24) is 24.5 Å². The van der Waals surface area contributed by atoms with Crippen molar-refractivity contribution in [3.63, 3.8) is 0 Å². The summed E-state index contributed by atoms with van der Waals surface area (Å²) in [4.78, 5) is 52.0. The normalized spacial score (nSPS) is 27.5. The summed E-state index contributed by atoms with van der Waals surface area (Å²) >= 11 is 6.11. The molecule has 7 rings (SSSR count). The molecule has 1 N–H and O–H groups in total. The Morgan fingerprint density at radius 3 is 2.79 bits per heavy atom. The summed E-state index contributed by atoms with van der Waals surface area (Å²) in [6, 6.07) is 11.6. The van der Waals surface area contributed by atoms with Crippen LogP contribution in [0.1, 0.15) is 41.7 Å². The summed E-state index contributed by atoms with van der Waals surface area (Å²) in [6.07, 6.45) is 6.75. The maximum Gasteiger partial charge on any atom is 0.274 e. The summed E-state index contributed by atoms with van der Waals surface area (Å²) in [5.41, 5.74) is 1.75. The smallest absolute Gasteiger partial charge is 0.274 e. The average molecular weight is 533 g/mol. The lowest BCUT2D eigenvalue weighted by molar-refractivity contribution is -0.139. The lowest BCUT2D eigenvalue weighted by Crippen LogP contribution is -2.57. The monoisotopic (exact) mass is 532 g/mol. The van der Waals surface area contributed by atoms with Gasteiger partial charge in [-0.3, -0.25) is 19.3 Å². The summed E-state index contributed by atoms with van der Waals surface area (Å²) in [6.45, 7) is 2.42. The van der Waals surface area contributed by atoms with Gasteiger partial charge in [-0.05, 0) is 50.4 Å². The molecule has 0 saturated carbocycles. The summed E-state index contributed by atoms with van der Waals surface area (Å²) in [5.74, 6) is -0.742. The molecule has 196 valence electrons. The van der Waals surface area contributed by atoms with Crippen molar-refractivity contribution in [2.24, 2.45) is 5.92 Å². The van der Waals surface area contributed by atoms with Crippen LogP contribution in [0.4, 0.5) is 5.69 Å². The van der Waals surface area contributed by atoms with Gasteiger partial charge in [-0.25, -0.2) is 4.98 Å². The number of carbonyl (C=O) groups is 3. The number of benzene rings is 1. The molecule has 1 aromatic carbocycles. The number of para-hydroxylation sites is 1. The van der Waals surface area contributed by atoms with Crippen LogP contribution in [0.2, 0.25) is 5.02 Å². The van der Waals surface area contributed by atoms with Crippen LogP contribution in [-0.2, 0) is 15.1 Å². The van der Waals surface area contributed by atoms with Gasteiger partial charge in [-0.2, -0.15) is 0 Å². The SMILES string of the molecule is O=C1NCCCN(C(=O)c2cn3cc(Cl)ccc3n2)CCN2C(=O)[C@@]3(c4ccccc42)[C@H]1C[C@@H]1CCCN13. The Morgan fingerprint density at radius 1 is 1.03 bits per heavy atom. The first-order valence-electron chi connectivity index (χ1n) is 13.4. The van der Waals surface area contributed by atoms with E-state index in [0.717, 1.165) is 30.6 Å². The number of fused-ring (bicyclic) bond motifs is 5. The van der Waals surface area contributed by atoms with Crippen molar-refractivity contribution in [2.45, 2.75) is 37.3 Å². The molecule has 2 aromatic heterocycles. The maximum absolute atomic E-state index is 14.4. The molecule has 2 bridgehead atoms. The minimum absolute atomic E-state index is 0.0430. The van der Waals surface area contributed by atoms with Gasteiger partial charge in [0.2, 0.25) is 5.91 Å². The van der Waals surface area contributed by atoms with Gasteiger partial charge in [-0.15, -0.1) is 0 Å². The third-order valence-corrected chi connectivity index (χ3v) is 8.98. The highest BCUT2D eigenvalue weighted by Gasteiger charge is 2.67. The van der Waals surface area contributed by atoms with Gasteiger partial charge in [0.05, 0.1) is 10.9 Å². The van der Waals surface area contributed by atoms with Crippen LogP contribution in [0.15, 0.2) is 48.8 Å². The molecule has 0 aliphatic carbocycles. The molecule has 4 aliphatic rings. The second kappa shape index (κ2) is 8.81. The van der Waals surface area contributed by atoms with E-state index >= 15 is 0 Å². The molecule has 4 aliphatic heterocycles. The zero-order valence-electron chi connectivity index (χ0n) is 21.0. The van der Waals surface area contributed by atoms with Crippen molar-refractivity contribution < 1.29 is 14.4 Å². The molecule has 38 heavy (non-hydrogen) atoms. The number of nitrogens with one attached hydrogen (secondary N) is 1. The van der Waals surface area contributed by atoms with Gasteiger partial charge in [0.15, 0.2) is 0 Å². The zero-order chi connectivity index (χ0) is 26.0. The number of hydrogen-bond donors (Lipinski definition) is 1. The van der Waals surface area contributed by atoms with Crippen LogP contribution in [0.3, 0.4) is 0 Å². The first kappa shape index (κ1) is 23.7. The van der Waals surface area contributed by atoms with Crippen LogP contribution >= 0.6 is 11.6 Å². The number of imidazole rings is 1. The Hall–Kier alpha value is -3.43. The molecule has 1 spiro atoms. The highest BCUT2D eigenvalue weighted by molar-refractivity contribution is 6.30. The van der Waals surface area contributed by atoms with E-state index in [0.29, 0.717) is 55.4 Å².